The van der Waals surface area contributed by atoms with Gasteiger partial charge in [-0.3, -0.25) is 4.90 Å². The van der Waals surface area contributed by atoms with Crippen molar-refractivity contribution in [3.63, 3.8) is 0 Å². The number of hydrogen-bond donors (Lipinski definition) is 2. The van der Waals surface area contributed by atoms with Gasteiger partial charge in [0.15, 0.2) is 0 Å². The summed E-state index contributed by atoms with van der Waals surface area (Å²) in [4.78, 5) is 33.4. The lowest BCUT2D eigenvalue weighted by molar-refractivity contribution is -0.147. The number of rotatable bonds is 8. The third kappa shape index (κ3) is 5.12. The highest BCUT2D eigenvalue weighted by molar-refractivity contribution is 5.81. The molecule has 1 aliphatic carbocycles. The van der Waals surface area contributed by atoms with Gasteiger partial charge in [-0.05, 0) is 43.0 Å². The van der Waals surface area contributed by atoms with Crippen LogP contribution in [0.5, 0.6) is 0 Å². The van der Waals surface area contributed by atoms with Crippen LogP contribution in [-0.2, 0) is 20.7 Å². The molecule has 0 radical (unpaired) electrons. The van der Waals surface area contributed by atoms with E-state index in [1.54, 1.807) is 0 Å². The highest BCUT2D eigenvalue weighted by atomic mass is 16.6. The topological polar surface area (TPSA) is 105 Å². The van der Waals surface area contributed by atoms with Crippen molar-refractivity contribution >= 4 is 12.1 Å². The van der Waals surface area contributed by atoms with Gasteiger partial charge >= 0.3 is 12.1 Å². The number of carbonyl (C=O) groups excluding carboxylic acids is 1. The molecule has 178 valence electrons. The molecule has 8 heteroatoms. The Labute approximate surface area is 198 Å². The van der Waals surface area contributed by atoms with Gasteiger partial charge in [0.1, 0.15) is 19.4 Å². The maximum Gasteiger partial charge on any atom is 0.412 e. The van der Waals surface area contributed by atoms with E-state index in [4.69, 9.17) is 9.47 Å². The SMILES string of the molecule is CC(C)(C)OCN(C(=O)OCC1c2ccccc2-c2ccccc21)[C@@H](Cc1cnc[nH]1)C(=O)O. The molecule has 0 unspecified atom stereocenters. The van der Waals surface area contributed by atoms with E-state index < -0.39 is 23.7 Å². The van der Waals surface area contributed by atoms with E-state index in [9.17, 15) is 14.7 Å². The predicted molar refractivity (Wildman–Crippen MR) is 126 cm³/mol. The molecule has 0 fully saturated rings. The van der Waals surface area contributed by atoms with Crippen molar-refractivity contribution in [2.45, 2.75) is 44.8 Å². The van der Waals surface area contributed by atoms with Gasteiger partial charge in [-0.2, -0.15) is 0 Å². The van der Waals surface area contributed by atoms with Gasteiger partial charge in [-0.25, -0.2) is 14.6 Å². The first-order valence-corrected chi connectivity index (χ1v) is 11.2. The molecular formula is C26H29N3O5. The molecule has 1 atom stereocenters. The fourth-order valence-corrected chi connectivity index (χ4v) is 4.15. The fraction of sp³-hybridized carbons (Fsp3) is 0.346. The van der Waals surface area contributed by atoms with Gasteiger partial charge in [-0.15, -0.1) is 0 Å². The maximum atomic E-state index is 13.2. The molecule has 1 amide bonds. The normalized spacial score (nSPS) is 13.7. The van der Waals surface area contributed by atoms with E-state index >= 15 is 0 Å². The standard InChI is InChI=1S/C26H29N3O5/c1-26(2,3)34-16-29(23(24(30)31)12-17-13-27-15-28-17)25(32)33-14-22-20-10-6-4-8-18(20)19-9-5-7-11-21(19)22/h4-11,13,15,22-23H,12,14,16H2,1-3H3,(H,27,28)(H,30,31)/t23-/m0/s1. The molecular weight excluding hydrogens is 434 g/mol. The first kappa shape index (κ1) is 23.5. The number of amides is 1. The summed E-state index contributed by atoms with van der Waals surface area (Å²) in [5, 5.41) is 9.92. The number of imidazole rings is 1. The Kier molecular flexibility index (Phi) is 6.70. The molecule has 4 rings (SSSR count). The third-order valence-electron chi connectivity index (χ3n) is 5.84. The minimum atomic E-state index is -1.18. The number of carboxylic acid groups (broad SMARTS) is 1. The number of carbonyl (C=O) groups is 2. The number of fused-ring (bicyclic) bond motifs is 3. The van der Waals surface area contributed by atoms with Crippen LogP contribution in [0.15, 0.2) is 61.1 Å². The Morgan fingerprint density at radius 2 is 1.71 bits per heavy atom. The second-order valence-corrected chi connectivity index (χ2v) is 9.29. The van der Waals surface area contributed by atoms with Crippen molar-refractivity contribution in [1.29, 1.82) is 0 Å². The summed E-state index contributed by atoms with van der Waals surface area (Å²) in [6.45, 7) is 5.40. The van der Waals surface area contributed by atoms with Crippen LogP contribution < -0.4 is 0 Å². The number of nitrogens with zero attached hydrogens (tertiary/aromatic N) is 2. The van der Waals surface area contributed by atoms with Crippen molar-refractivity contribution in [3.8, 4) is 11.1 Å². The lowest BCUT2D eigenvalue weighted by Gasteiger charge is -2.31. The molecule has 3 aromatic rings. The Balaban J connectivity index is 1.55. The Hall–Kier alpha value is -3.65. The van der Waals surface area contributed by atoms with Crippen LogP contribution in [0.25, 0.3) is 11.1 Å². The van der Waals surface area contributed by atoms with Crippen LogP contribution in [0.3, 0.4) is 0 Å². The monoisotopic (exact) mass is 463 g/mol. The number of aromatic nitrogens is 2. The first-order valence-electron chi connectivity index (χ1n) is 11.2. The molecule has 1 heterocycles. The van der Waals surface area contributed by atoms with Gasteiger partial charge in [0.05, 0.1) is 11.9 Å². The summed E-state index contributed by atoms with van der Waals surface area (Å²) in [5.74, 6) is -1.28. The minimum Gasteiger partial charge on any atom is -0.480 e. The minimum absolute atomic E-state index is 0.0486. The zero-order valence-corrected chi connectivity index (χ0v) is 19.5. The summed E-state index contributed by atoms with van der Waals surface area (Å²) in [6.07, 6.45) is 2.32. The molecule has 34 heavy (non-hydrogen) atoms. The zero-order chi connectivity index (χ0) is 24.3. The highest BCUT2D eigenvalue weighted by Crippen LogP contribution is 2.44. The molecule has 0 bridgehead atoms. The van der Waals surface area contributed by atoms with Crippen molar-refractivity contribution in [2.75, 3.05) is 13.3 Å². The Bertz CT molecular complexity index is 1110. The molecule has 0 saturated heterocycles. The summed E-state index contributed by atoms with van der Waals surface area (Å²) in [6, 6.07) is 14.9. The van der Waals surface area contributed by atoms with E-state index in [0.717, 1.165) is 27.2 Å². The lowest BCUT2D eigenvalue weighted by Crippen LogP contribution is -2.49. The van der Waals surface area contributed by atoms with Gasteiger partial charge in [0, 0.05) is 24.2 Å². The maximum absolute atomic E-state index is 13.2. The Morgan fingerprint density at radius 1 is 1.09 bits per heavy atom. The molecule has 1 aliphatic rings. The first-order chi connectivity index (χ1) is 16.2. The Morgan fingerprint density at radius 3 is 2.24 bits per heavy atom. The van der Waals surface area contributed by atoms with Crippen molar-refractivity contribution in [1.82, 2.24) is 14.9 Å². The number of aliphatic carboxylic acids is 1. The lowest BCUT2D eigenvalue weighted by atomic mass is 9.98. The quantitative estimate of drug-likeness (QED) is 0.479. The van der Waals surface area contributed by atoms with Crippen LogP contribution in [0.2, 0.25) is 0 Å². The molecule has 2 N–H and O–H groups in total. The van der Waals surface area contributed by atoms with Gasteiger partial charge in [0.25, 0.3) is 0 Å². The number of carboxylic acids is 1. The van der Waals surface area contributed by atoms with Crippen LogP contribution in [-0.4, -0.2) is 57.0 Å². The van der Waals surface area contributed by atoms with Gasteiger partial charge < -0.3 is 19.6 Å². The zero-order valence-electron chi connectivity index (χ0n) is 19.5. The molecule has 8 nitrogen and oxygen atoms in total. The number of ether oxygens (including phenoxy) is 2. The molecule has 0 aliphatic heterocycles. The van der Waals surface area contributed by atoms with Gasteiger partial charge in [0.2, 0.25) is 0 Å². The number of benzene rings is 2. The van der Waals surface area contributed by atoms with E-state index in [2.05, 4.69) is 22.1 Å². The van der Waals surface area contributed by atoms with E-state index in [-0.39, 0.29) is 25.7 Å². The third-order valence-corrected chi connectivity index (χ3v) is 5.84. The molecule has 1 aromatic heterocycles. The number of hydrogen-bond acceptors (Lipinski definition) is 5. The smallest absolute Gasteiger partial charge is 0.412 e. The second-order valence-electron chi connectivity index (χ2n) is 9.29. The average Bonchev–Trinajstić information content (AvgIpc) is 3.42. The number of aromatic amines is 1. The van der Waals surface area contributed by atoms with Crippen LogP contribution >= 0.6 is 0 Å². The van der Waals surface area contributed by atoms with Crippen molar-refractivity contribution < 1.29 is 24.2 Å². The van der Waals surface area contributed by atoms with E-state index in [1.165, 1.54) is 12.5 Å². The van der Waals surface area contributed by atoms with Crippen molar-refractivity contribution in [2.24, 2.45) is 0 Å². The largest absolute Gasteiger partial charge is 0.480 e. The second kappa shape index (κ2) is 9.69. The van der Waals surface area contributed by atoms with Crippen molar-refractivity contribution in [3.05, 3.63) is 77.9 Å². The number of nitrogens with one attached hydrogen (secondary N) is 1. The predicted octanol–water partition coefficient (Wildman–Crippen LogP) is 4.43. The van der Waals surface area contributed by atoms with Crippen LogP contribution in [0, 0.1) is 0 Å². The summed E-state index contributed by atoms with van der Waals surface area (Å²) >= 11 is 0. The highest BCUT2D eigenvalue weighted by Gasteiger charge is 2.35. The summed E-state index contributed by atoms with van der Waals surface area (Å²) in [7, 11) is 0. The van der Waals surface area contributed by atoms with E-state index in [0.29, 0.717) is 5.69 Å². The molecule has 0 spiro atoms. The van der Waals surface area contributed by atoms with Crippen LogP contribution in [0.4, 0.5) is 4.79 Å². The van der Waals surface area contributed by atoms with E-state index in [1.807, 2.05) is 57.2 Å². The molecule has 0 saturated carbocycles. The van der Waals surface area contributed by atoms with Crippen LogP contribution in [0.1, 0.15) is 43.5 Å². The summed E-state index contributed by atoms with van der Waals surface area (Å²) in [5.41, 5.74) is 4.44. The molecule has 2 aromatic carbocycles. The average molecular weight is 464 g/mol. The summed E-state index contributed by atoms with van der Waals surface area (Å²) < 4.78 is 11.5. The fourth-order valence-electron chi connectivity index (χ4n) is 4.15. The number of H-pyrrole nitrogens is 1. The van der Waals surface area contributed by atoms with Gasteiger partial charge in [-0.1, -0.05) is 48.5 Å².